The lowest BCUT2D eigenvalue weighted by molar-refractivity contribution is -0.137. The zero-order valence-electron chi connectivity index (χ0n) is 12.7. The van der Waals surface area contributed by atoms with Gasteiger partial charge in [0, 0.05) is 31.2 Å². The van der Waals surface area contributed by atoms with Gasteiger partial charge in [-0.15, -0.1) is 0 Å². The first-order valence-electron chi connectivity index (χ1n) is 6.65. The molecule has 1 N–H and O–H groups in total. The first kappa shape index (κ1) is 17.5. The lowest BCUT2D eigenvalue weighted by atomic mass is 9.88. The minimum Gasteiger partial charge on any atom is -0.396 e. The molecule has 0 spiro atoms. The van der Waals surface area contributed by atoms with E-state index in [1.54, 1.807) is 7.05 Å². The highest BCUT2D eigenvalue weighted by molar-refractivity contribution is 5.90. The molecule has 1 aromatic carbocycles. The number of aliphatic hydroxyl groups is 1. The standard InChI is InChI=1S/C15H21F3N2O/c1-14(2,3)13(9-10-21)19-20(4)12-7-5-11(6-8-12)15(16,17)18/h5-8,21H,9-10H2,1-4H3/b19-13+. The molecule has 0 aromatic heterocycles. The summed E-state index contributed by atoms with van der Waals surface area (Å²) in [5.74, 6) is 0. The van der Waals surface area contributed by atoms with Crippen molar-refractivity contribution in [1.82, 2.24) is 0 Å². The Hall–Kier alpha value is -1.56. The maximum absolute atomic E-state index is 12.5. The Morgan fingerprint density at radius 3 is 2.05 bits per heavy atom. The molecular weight excluding hydrogens is 281 g/mol. The highest BCUT2D eigenvalue weighted by Gasteiger charge is 2.30. The molecule has 3 nitrogen and oxygen atoms in total. The molecule has 0 unspecified atom stereocenters. The van der Waals surface area contributed by atoms with Crippen molar-refractivity contribution in [3.05, 3.63) is 29.8 Å². The lowest BCUT2D eigenvalue weighted by Crippen LogP contribution is -2.25. The second kappa shape index (κ2) is 6.47. The molecular formula is C15H21F3N2O. The van der Waals surface area contributed by atoms with Crippen molar-refractivity contribution in [3.63, 3.8) is 0 Å². The van der Waals surface area contributed by atoms with Crippen molar-refractivity contribution < 1.29 is 18.3 Å². The number of hydrogen-bond donors (Lipinski definition) is 1. The van der Waals surface area contributed by atoms with Crippen LogP contribution in [0.5, 0.6) is 0 Å². The van der Waals surface area contributed by atoms with E-state index in [1.165, 1.54) is 17.1 Å². The van der Waals surface area contributed by atoms with E-state index < -0.39 is 11.7 Å². The summed E-state index contributed by atoms with van der Waals surface area (Å²) in [4.78, 5) is 0. The van der Waals surface area contributed by atoms with E-state index in [0.29, 0.717) is 12.1 Å². The number of aliphatic hydroxyl groups excluding tert-OH is 1. The predicted octanol–water partition coefficient (Wildman–Crippen LogP) is 3.93. The van der Waals surface area contributed by atoms with Gasteiger partial charge in [-0.1, -0.05) is 20.8 Å². The first-order chi connectivity index (χ1) is 9.55. The Morgan fingerprint density at radius 2 is 1.67 bits per heavy atom. The highest BCUT2D eigenvalue weighted by Crippen LogP contribution is 2.30. The van der Waals surface area contributed by atoms with Gasteiger partial charge in [0.2, 0.25) is 0 Å². The van der Waals surface area contributed by atoms with Gasteiger partial charge in [-0.3, -0.25) is 5.01 Å². The van der Waals surface area contributed by atoms with Gasteiger partial charge in [-0.05, 0) is 24.3 Å². The Kier molecular flexibility index (Phi) is 5.39. The van der Waals surface area contributed by atoms with Gasteiger partial charge in [0.05, 0.1) is 11.3 Å². The van der Waals surface area contributed by atoms with Crippen LogP contribution in [0.2, 0.25) is 0 Å². The number of hydrogen-bond acceptors (Lipinski definition) is 3. The molecule has 0 amide bonds. The van der Waals surface area contributed by atoms with E-state index >= 15 is 0 Å². The van der Waals surface area contributed by atoms with Gasteiger partial charge >= 0.3 is 6.18 Å². The van der Waals surface area contributed by atoms with Crippen molar-refractivity contribution in [2.45, 2.75) is 33.4 Å². The number of halogens is 3. The molecule has 1 aromatic rings. The average molecular weight is 302 g/mol. The van der Waals surface area contributed by atoms with Gasteiger partial charge in [0.1, 0.15) is 0 Å². The first-order valence-corrected chi connectivity index (χ1v) is 6.65. The van der Waals surface area contributed by atoms with Gasteiger partial charge in [-0.2, -0.15) is 18.3 Å². The number of alkyl halides is 3. The summed E-state index contributed by atoms with van der Waals surface area (Å²) in [6.07, 6.45) is -3.91. The molecule has 0 heterocycles. The maximum Gasteiger partial charge on any atom is 0.416 e. The molecule has 0 aliphatic carbocycles. The summed E-state index contributed by atoms with van der Waals surface area (Å²) in [5, 5.41) is 15.0. The van der Waals surface area contributed by atoms with Crippen LogP contribution >= 0.6 is 0 Å². The summed E-state index contributed by atoms with van der Waals surface area (Å²) >= 11 is 0. The number of hydrazone groups is 1. The van der Waals surface area contributed by atoms with E-state index in [0.717, 1.165) is 17.8 Å². The summed E-state index contributed by atoms with van der Waals surface area (Å²) in [5.41, 5.74) is 0.438. The Labute approximate surface area is 123 Å². The topological polar surface area (TPSA) is 35.8 Å². The van der Waals surface area contributed by atoms with Gasteiger partial charge in [0.25, 0.3) is 0 Å². The largest absolute Gasteiger partial charge is 0.416 e. The van der Waals surface area contributed by atoms with Crippen LogP contribution in [0, 0.1) is 5.41 Å². The van der Waals surface area contributed by atoms with Crippen LogP contribution in [-0.4, -0.2) is 24.5 Å². The zero-order valence-corrected chi connectivity index (χ0v) is 12.7. The minimum absolute atomic E-state index is 0.0169. The summed E-state index contributed by atoms with van der Waals surface area (Å²) < 4.78 is 37.6. The monoisotopic (exact) mass is 302 g/mol. The third-order valence-corrected chi connectivity index (χ3v) is 3.05. The van der Waals surface area contributed by atoms with Crippen LogP contribution in [-0.2, 0) is 6.18 Å². The van der Waals surface area contributed by atoms with Gasteiger partial charge in [0.15, 0.2) is 0 Å². The maximum atomic E-state index is 12.5. The highest BCUT2D eigenvalue weighted by atomic mass is 19.4. The molecule has 0 radical (unpaired) electrons. The van der Waals surface area contributed by atoms with Crippen molar-refractivity contribution in [1.29, 1.82) is 0 Å². The van der Waals surface area contributed by atoms with Crippen molar-refractivity contribution in [3.8, 4) is 0 Å². The fourth-order valence-corrected chi connectivity index (χ4v) is 1.79. The Bertz CT molecular complexity index is 487. The second-order valence-electron chi connectivity index (χ2n) is 5.84. The molecule has 118 valence electrons. The van der Waals surface area contributed by atoms with Crippen molar-refractivity contribution in [2.24, 2.45) is 10.5 Å². The molecule has 6 heteroatoms. The SMILES string of the molecule is CN(/N=C(\CCO)C(C)(C)C)c1ccc(C(F)(F)F)cc1. The number of benzene rings is 1. The summed E-state index contributed by atoms with van der Waals surface area (Å²) in [6, 6.07) is 4.82. The molecule has 0 bridgehead atoms. The molecule has 0 aliphatic heterocycles. The van der Waals surface area contributed by atoms with E-state index in [2.05, 4.69) is 5.10 Å². The minimum atomic E-state index is -4.34. The molecule has 1 rings (SSSR count). The van der Waals surface area contributed by atoms with Gasteiger partial charge in [-0.25, -0.2) is 0 Å². The Morgan fingerprint density at radius 1 is 1.14 bits per heavy atom. The van der Waals surface area contributed by atoms with E-state index in [9.17, 15) is 13.2 Å². The predicted molar refractivity (Wildman–Crippen MR) is 78.4 cm³/mol. The fraction of sp³-hybridized carbons (Fsp3) is 0.533. The zero-order chi connectivity index (χ0) is 16.3. The number of anilines is 1. The summed E-state index contributed by atoms with van der Waals surface area (Å²) in [6.45, 7) is 5.91. The summed E-state index contributed by atoms with van der Waals surface area (Å²) in [7, 11) is 1.67. The lowest BCUT2D eigenvalue weighted by Gasteiger charge is -2.24. The average Bonchev–Trinajstić information content (AvgIpc) is 2.36. The van der Waals surface area contributed by atoms with Crippen LogP contribution in [0.1, 0.15) is 32.8 Å². The molecule has 0 saturated carbocycles. The van der Waals surface area contributed by atoms with Crippen molar-refractivity contribution >= 4 is 11.4 Å². The van der Waals surface area contributed by atoms with Crippen LogP contribution in [0.3, 0.4) is 0 Å². The second-order valence-corrected chi connectivity index (χ2v) is 5.84. The molecule has 21 heavy (non-hydrogen) atoms. The molecule has 0 atom stereocenters. The third-order valence-electron chi connectivity index (χ3n) is 3.05. The molecule has 0 aliphatic rings. The van der Waals surface area contributed by atoms with E-state index in [-0.39, 0.29) is 12.0 Å². The molecule has 0 fully saturated rings. The van der Waals surface area contributed by atoms with Crippen LogP contribution in [0.25, 0.3) is 0 Å². The molecule has 0 saturated heterocycles. The quantitative estimate of drug-likeness (QED) is 0.676. The third kappa shape index (κ3) is 5.04. The van der Waals surface area contributed by atoms with E-state index in [4.69, 9.17) is 5.11 Å². The van der Waals surface area contributed by atoms with E-state index in [1.807, 2.05) is 20.8 Å². The van der Waals surface area contributed by atoms with Crippen LogP contribution in [0.4, 0.5) is 18.9 Å². The normalized spacial score (nSPS) is 13.4. The fourth-order valence-electron chi connectivity index (χ4n) is 1.79. The van der Waals surface area contributed by atoms with Crippen LogP contribution < -0.4 is 5.01 Å². The smallest absolute Gasteiger partial charge is 0.396 e. The number of nitrogens with zero attached hydrogens (tertiary/aromatic N) is 2. The van der Waals surface area contributed by atoms with Crippen LogP contribution in [0.15, 0.2) is 29.4 Å². The number of rotatable bonds is 4. The van der Waals surface area contributed by atoms with Crippen molar-refractivity contribution in [2.75, 3.05) is 18.7 Å². The Balaban J connectivity index is 2.99. The van der Waals surface area contributed by atoms with Gasteiger partial charge < -0.3 is 5.11 Å².